The van der Waals surface area contributed by atoms with Gasteiger partial charge in [-0.25, -0.2) is 0 Å². The predicted molar refractivity (Wildman–Crippen MR) is 86.2 cm³/mol. The van der Waals surface area contributed by atoms with Crippen LogP contribution in [0, 0.1) is 6.92 Å². The van der Waals surface area contributed by atoms with Crippen molar-refractivity contribution in [1.29, 1.82) is 0 Å². The first-order valence-electron chi connectivity index (χ1n) is 7.21. The first kappa shape index (κ1) is 15.4. The van der Waals surface area contributed by atoms with Crippen LogP contribution in [0.4, 0.5) is 0 Å². The number of aryl methyl sites for hydroxylation is 1. The lowest BCUT2D eigenvalue weighted by Crippen LogP contribution is -2.22. The Morgan fingerprint density at radius 2 is 1.76 bits per heavy atom. The predicted octanol–water partition coefficient (Wildman–Crippen LogP) is 3.71. The van der Waals surface area contributed by atoms with Gasteiger partial charge in [0.15, 0.2) is 0 Å². The molecule has 3 heteroatoms. The minimum absolute atomic E-state index is 0.148. The van der Waals surface area contributed by atoms with Crippen molar-refractivity contribution in [2.24, 2.45) is 0 Å². The molecule has 3 nitrogen and oxygen atoms in total. The number of methoxy groups -OCH3 is 2. The van der Waals surface area contributed by atoms with E-state index in [1.54, 1.807) is 14.2 Å². The van der Waals surface area contributed by atoms with Crippen LogP contribution < -0.4 is 14.8 Å². The zero-order chi connectivity index (χ0) is 15.2. The molecule has 0 saturated carbocycles. The fourth-order valence-electron chi connectivity index (χ4n) is 2.53. The highest BCUT2D eigenvalue weighted by Crippen LogP contribution is 2.28. The summed E-state index contributed by atoms with van der Waals surface area (Å²) in [5.41, 5.74) is 3.56. The second-order valence-corrected chi connectivity index (χ2v) is 5.00. The number of rotatable bonds is 6. The van der Waals surface area contributed by atoms with Crippen molar-refractivity contribution in [2.45, 2.75) is 19.9 Å². The van der Waals surface area contributed by atoms with E-state index in [-0.39, 0.29) is 6.04 Å². The van der Waals surface area contributed by atoms with Gasteiger partial charge in [-0.15, -0.1) is 0 Å². The molecule has 0 radical (unpaired) electrons. The van der Waals surface area contributed by atoms with E-state index < -0.39 is 0 Å². The first-order chi connectivity index (χ1) is 10.2. The van der Waals surface area contributed by atoms with Crippen molar-refractivity contribution < 1.29 is 9.47 Å². The third-order valence-electron chi connectivity index (χ3n) is 3.59. The zero-order valence-corrected chi connectivity index (χ0v) is 13.1. The fourth-order valence-corrected chi connectivity index (χ4v) is 2.53. The lowest BCUT2D eigenvalue weighted by Gasteiger charge is -2.20. The zero-order valence-electron chi connectivity index (χ0n) is 13.1. The molecule has 0 aliphatic carbocycles. The molecule has 2 aromatic carbocycles. The number of hydrogen-bond donors (Lipinski definition) is 1. The van der Waals surface area contributed by atoms with Gasteiger partial charge in [-0.05, 0) is 48.4 Å². The molecule has 2 aromatic rings. The first-order valence-corrected chi connectivity index (χ1v) is 7.21. The standard InChI is InChI=1S/C18H23NO2/c1-5-19-18(14-7-6-8-16(12-14)20-3)15-9-10-17(21-4)13(2)11-15/h6-12,18-19H,5H2,1-4H3. The average Bonchev–Trinajstić information content (AvgIpc) is 2.52. The van der Waals surface area contributed by atoms with Gasteiger partial charge in [-0.1, -0.05) is 31.2 Å². The molecule has 0 aliphatic heterocycles. The summed E-state index contributed by atoms with van der Waals surface area (Å²) >= 11 is 0. The molecule has 0 bridgehead atoms. The van der Waals surface area contributed by atoms with Crippen LogP contribution in [0.1, 0.15) is 29.7 Å². The molecule has 0 heterocycles. The molecule has 112 valence electrons. The summed E-state index contributed by atoms with van der Waals surface area (Å²) in [6.07, 6.45) is 0. The fraction of sp³-hybridized carbons (Fsp3) is 0.333. The largest absolute Gasteiger partial charge is 0.497 e. The maximum atomic E-state index is 5.34. The van der Waals surface area contributed by atoms with Gasteiger partial charge >= 0.3 is 0 Å². The molecule has 21 heavy (non-hydrogen) atoms. The molecule has 0 amide bonds. The van der Waals surface area contributed by atoms with Gasteiger partial charge < -0.3 is 14.8 Å². The summed E-state index contributed by atoms with van der Waals surface area (Å²) in [4.78, 5) is 0. The lowest BCUT2D eigenvalue weighted by molar-refractivity contribution is 0.411. The maximum Gasteiger partial charge on any atom is 0.121 e. The van der Waals surface area contributed by atoms with Crippen LogP contribution in [-0.4, -0.2) is 20.8 Å². The lowest BCUT2D eigenvalue weighted by atomic mass is 9.96. The summed E-state index contributed by atoms with van der Waals surface area (Å²) in [5, 5.41) is 3.53. The minimum Gasteiger partial charge on any atom is -0.497 e. The molecule has 0 fully saturated rings. The maximum absolute atomic E-state index is 5.34. The Balaban J connectivity index is 2.40. The molecule has 1 unspecified atom stereocenters. The highest BCUT2D eigenvalue weighted by Gasteiger charge is 2.14. The van der Waals surface area contributed by atoms with Crippen LogP contribution in [0.3, 0.4) is 0 Å². The molecule has 0 aliphatic rings. The highest BCUT2D eigenvalue weighted by atomic mass is 16.5. The quantitative estimate of drug-likeness (QED) is 0.877. The third kappa shape index (κ3) is 3.56. The third-order valence-corrected chi connectivity index (χ3v) is 3.59. The molecule has 0 saturated heterocycles. The summed E-state index contributed by atoms with van der Waals surface area (Å²) in [5.74, 6) is 1.79. The molecule has 0 aromatic heterocycles. The van der Waals surface area contributed by atoms with Gasteiger partial charge in [0.1, 0.15) is 11.5 Å². The summed E-state index contributed by atoms with van der Waals surface area (Å²) in [7, 11) is 3.39. The second kappa shape index (κ2) is 7.14. The molecule has 1 N–H and O–H groups in total. The van der Waals surface area contributed by atoms with Gasteiger partial charge in [0.25, 0.3) is 0 Å². The second-order valence-electron chi connectivity index (χ2n) is 5.00. The van der Waals surface area contributed by atoms with Crippen molar-refractivity contribution in [3.8, 4) is 11.5 Å². The van der Waals surface area contributed by atoms with Crippen LogP contribution in [0.25, 0.3) is 0 Å². The topological polar surface area (TPSA) is 30.5 Å². The Morgan fingerprint density at radius 1 is 1.00 bits per heavy atom. The van der Waals surface area contributed by atoms with Crippen LogP contribution in [0.2, 0.25) is 0 Å². The number of nitrogens with one attached hydrogen (secondary N) is 1. The van der Waals surface area contributed by atoms with E-state index in [4.69, 9.17) is 9.47 Å². The molecule has 2 rings (SSSR count). The van der Waals surface area contributed by atoms with E-state index in [0.717, 1.165) is 23.6 Å². The van der Waals surface area contributed by atoms with Gasteiger partial charge in [-0.2, -0.15) is 0 Å². The Bertz CT molecular complexity index is 596. The van der Waals surface area contributed by atoms with Crippen molar-refractivity contribution in [1.82, 2.24) is 5.32 Å². The Morgan fingerprint density at radius 3 is 2.38 bits per heavy atom. The Hall–Kier alpha value is -2.00. The summed E-state index contributed by atoms with van der Waals surface area (Å²) < 4.78 is 10.7. The van der Waals surface area contributed by atoms with Crippen molar-refractivity contribution in [3.05, 3.63) is 59.2 Å². The van der Waals surface area contributed by atoms with E-state index in [1.807, 2.05) is 18.2 Å². The average molecular weight is 285 g/mol. The Labute approximate surface area is 126 Å². The van der Waals surface area contributed by atoms with E-state index in [0.29, 0.717) is 0 Å². The van der Waals surface area contributed by atoms with E-state index in [9.17, 15) is 0 Å². The number of hydrogen-bond acceptors (Lipinski definition) is 3. The van der Waals surface area contributed by atoms with E-state index in [1.165, 1.54) is 11.1 Å². The minimum atomic E-state index is 0.148. The van der Waals surface area contributed by atoms with Crippen LogP contribution in [0.15, 0.2) is 42.5 Å². The van der Waals surface area contributed by atoms with Gasteiger partial charge in [0.05, 0.1) is 20.3 Å². The smallest absolute Gasteiger partial charge is 0.121 e. The van der Waals surface area contributed by atoms with E-state index >= 15 is 0 Å². The SMILES string of the molecule is CCNC(c1cccc(OC)c1)c1ccc(OC)c(C)c1. The molecular weight excluding hydrogens is 262 g/mol. The Kier molecular flexibility index (Phi) is 5.23. The van der Waals surface area contributed by atoms with Gasteiger partial charge in [0.2, 0.25) is 0 Å². The molecule has 0 spiro atoms. The van der Waals surface area contributed by atoms with Gasteiger partial charge in [-0.3, -0.25) is 0 Å². The van der Waals surface area contributed by atoms with Crippen molar-refractivity contribution >= 4 is 0 Å². The number of benzene rings is 2. The van der Waals surface area contributed by atoms with Crippen molar-refractivity contribution in [2.75, 3.05) is 20.8 Å². The molecular formula is C18H23NO2. The monoisotopic (exact) mass is 285 g/mol. The van der Waals surface area contributed by atoms with Crippen LogP contribution in [0.5, 0.6) is 11.5 Å². The van der Waals surface area contributed by atoms with Crippen molar-refractivity contribution in [3.63, 3.8) is 0 Å². The molecule has 1 atom stereocenters. The van der Waals surface area contributed by atoms with E-state index in [2.05, 4.69) is 43.4 Å². The van der Waals surface area contributed by atoms with Crippen LogP contribution >= 0.6 is 0 Å². The van der Waals surface area contributed by atoms with Crippen LogP contribution in [-0.2, 0) is 0 Å². The van der Waals surface area contributed by atoms with Gasteiger partial charge in [0, 0.05) is 0 Å². The summed E-state index contributed by atoms with van der Waals surface area (Å²) in [6, 6.07) is 14.6. The normalized spacial score (nSPS) is 12.0. The highest BCUT2D eigenvalue weighted by molar-refractivity contribution is 5.42. The number of ether oxygens (including phenoxy) is 2. The summed E-state index contributed by atoms with van der Waals surface area (Å²) in [6.45, 7) is 5.08.